The lowest BCUT2D eigenvalue weighted by molar-refractivity contribution is -0.00419. The Morgan fingerprint density at radius 3 is 2.58 bits per heavy atom. The highest BCUT2D eigenvalue weighted by atomic mass is 16.6. The average Bonchev–Trinajstić information content (AvgIpc) is 3.31. The zero-order valence-electron chi connectivity index (χ0n) is 11.8. The van der Waals surface area contributed by atoms with Gasteiger partial charge in [-0.3, -0.25) is 0 Å². The number of hydrogen-bond donors (Lipinski definition) is 0. The summed E-state index contributed by atoms with van der Waals surface area (Å²) in [5.74, 6) is 1.95. The van der Waals surface area contributed by atoms with Crippen LogP contribution in [0.25, 0.3) is 0 Å². The molecule has 5 unspecified atom stereocenters. The van der Waals surface area contributed by atoms with Gasteiger partial charge in [0.15, 0.2) is 0 Å². The van der Waals surface area contributed by atoms with E-state index in [0.29, 0.717) is 17.6 Å². The minimum absolute atomic E-state index is 0.413. The largest absolute Gasteiger partial charge is 0.378 e. The van der Waals surface area contributed by atoms with Crippen LogP contribution in [0.4, 0.5) is 0 Å². The Kier molecular flexibility index (Phi) is 3.33. The maximum atomic E-state index is 6.01. The standard InChI is InChI=1S/C16H26O3/c1(2-14-9-18-14)5-16(11-17-8-15-10-19-15)7-12-3-4-13(16)6-12/h12-15H,1-11H2. The van der Waals surface area contributed by atoms with E-state index in [1.165, 1.54) is 44.9 Å². The van der Waals surface area contributed by atoms with Crippen molar-refractivity contribution in [3.8, 4) is 0 Å². The van der Waals surface area contributed by atoms with Crippen molar-refractivity contribution >= 4 is 0 Å². The molecule has 5 atom stereocenters. The molecule has 3 nitrogen and oxygen atoms in total. The SMILES string of the molecule is C(CC1CO1)CC1(COCC2CO2)CC2CCC1C2. The smallest absolute Gasteiger partial charge is 0.104 e. The van der Waals surface area contributed by atoms with Crippen molar-refractivity contribution in [2.45, 2.75) is 57.2 Å². The number of epoxide rings is 2. The fourth-order valence-corrected chi connectivity index (χ4v) is 4.59. The van der Waals surface area contributed by atoms with Gasteiger partial charge in [-0.15, -0.1) is 0 Å². The maximum absolute atomic E-state index is 6.01. The third-order valence-corrected chi connectivity index (χ3v) is 5.80. The molecular weight excluding hydrogens is 240 g/mol. The van der Waals surface area contributed by atoms with Crippen molar-refractivity contribution in [3.63, 3.8) is 0 Å². The summed E-state index contributed by atoms with van der Waals surface area (Å²) in [6, 6.07) is 0. The van der Waals surface area contributed by atoms with Gasteiger partial charge in [-0.1, -0.05) is 12.8 Å². The van der Waals surface area contributed by atoms with Crippen molar-refractivity contribution in [3.05, 3.63) is 0 Å². The molecule has 4 rings (SSSR count). The summed E-state index contributed by atoms with van der Waals surface area (Å²) < 4.78 is 16.6. The van der Waals surface area contributed by atoms with Gasteiger partial charge in [0.25, 0.3) is 0 Å². The molecule has 0 amide bonds. The predicted octanol–water partition coefficient (Wildman–Crippen LogP) is 2.78. The summed E-state index contributed by atoms with van der Waals surface area (Å²) in [6.45, 7) is 3.73. The first kappa shape index (κ1) is 12.6. The first-order valence-electron chi connectivity index (χ1n) is 8.15. The van der Waals surface area contributed by atoms with Crippen molar-refractivity contribution in [1.29, 1.82) is 0 Å². The van der Waals surface area contributed by atoms with Gasteiger partial charge >= 0.3 is 0 Å². The van der Waals surface area contributed by atoms with Crippen molar-refractivity contribution < 1.29 is 14.2 Å². The Labute approximate surface area is 116 Å². The summed E-state index contributed by atoms with van der Waals surface area (Å²) in [7, 11) is 0. The van der Waals surface area contributed by atoms with Gasteiger partial charge in [-0.05, 0) is 49.4 Å². The van der Waals surface area contributed by atoms with Crippen LogP contribution in [0, 0.1) is 17.3 Å². The van der Waals surface area contributed by atoms with Gasteiger partial charge < -0.3 is 14.2 Å². The van der Waals surface area contributed by atoms with Gasteiger partial charge in [0.2, 0.25) is 0 Å². The second-order valence-electron chi connectivity index (χ2n) is 7.26. The van der Waals surface area contributed by atoms with E-state index >= 15 is 0 Å². The Morgan fingerprint density at radius 2 is 1.95 bits per heavy atom. The van der Waals surface area contributed by atoms with Crippen LogP contribution in [-0.2, 0) is 14.2 Å². The molecule has 0 N–H and O–H groups in total. The highest BCUT2D eigenvalue weighted by molar-refractivity contribution is 5.00. The molecule has 4 aliphatic rings. The number of rotatable bonds is 8. The van der Waals surface area contributed by atoms with E-state index in [1.54, 1.807) is 0 Å². The molecule has 3 heteroatoms. The fourth-order valence-electron chi connectivity index (χ4n) is 4.59. The molecule has 2 saturated heterocycles. The molecule has 2 aliphatic heterocycles. The van der Waals surface area contributed by atoms with Gasteiger partial charge in [-0.2, -0.15) is 0 Å². The highest BCUT2D eigenvalue weighted by Crippen LogP contribution is 2.58. The van der Waals surface area contributed by atoms with Crippen LogP contribution in [0.5, 0.6) is 0 Å². The molecule has 0 aromatic rings. The van der Waals surface area contributed by atoms with E-state index in [0.717, 1.165) is 38.3 Å². The lowest BCUT2D eigenvalue weighted by Gasteiger charge is -2.37. The van der Waals surface area contributed by atoms with E-state index in [1.807, 2.05) is 0 Å². The van der Waals surface area contributed by atoms with Crippen molar-refractivity contribution in [2.24, 2.45) is 17.3 Å². The summed E-state index contributed by atoms with van der Waals surface area (Å²) in [6.07, 6.45) is 10.8. The molecule has 0 spiro atoms. The Hall–Kier alpha value is -0.120. The van der Waals surface area contributed by atoms with Gasteiger partial charge in [0.1, 0.15) is 6.10 Å². The van der Waals surface area contributed by atoms with Crippen LogP contribution in [0.3, 0.4) is 0 Å². The van der Waals surface area contributed by atoms with Crippen LogP contribution in [0.15, 0.2) is 0 Å². The molecule has 0 aromatic heterocycles. The highest BCUT2D eigenvalue weighted by Gasteiger charge is 2.50. The van der Waals surface area contributed by atoms with Crippen LogP contribution in [0.2, 0.25) is 0 Å². The summed E-state index contributed by atoms with van der Waals surface area (Å²) >= 11 is 0. The average molecular weight is 266 g/mol. The second-order valence-corrected chi connectivity index (χ2v) is 7.26. The quantitative estimate of drug-likeness (QED) is 0.634. The van der Waals surface area contributed by atoms with E-state index in [-0.39, 0.29) is 0 Å². The third-order valence-electron chi connectivity index (χ3n) is 5.80. The molecule has 19 heavy (non-hydrogen) atoms. The second kappa shape index (κ2) is 5.01. The van der Waals surface area contributed by atoms with Gasteiger partial charge in [-0.25, -0.2) is 0 Å². The Balaban J connectivity index is 1.31. The van der Waals surface area contributed by atoms with E-state index in [9.17, 15) is 0 Å². The molecule has 108 valence electrons. The van der Waals surface area contributed by atoms with Crippen LogP contribution >= 0.6 is 0 Å². The zero-order chi connectivity index (χ0) is 12.7. The van der Waals surface area contributed by atoms with E-state index in [2.05, 4.69) is 0 Å². The molecule has 0 radical (unpaired) electrons. The topological polar surface area (TPSA) is 34.3 Å². The first-order chi connectivity index (χ1) is 9.34. The lowest BCUT2D eigenvalue weighted by Crippen LogP contribution is -2.33. The first-order valence-corrected chi connectivity index (χ1v) is 8.15. The molecule has 2 saturated carbocycles. The molecule has 4 fully saturated rings. The molecule has 2 aliphatic carbocycles. The monoisotopic (exact) mass is 266 g/mol. The number of hydrogen-bond acceptors (Lipinski definition) is 3. The minimum atomic E-state index is 0.413. The summed E-state index contributed by atoms with van der Waals surface area (Å²) in [5.41, 5.74) is 0.507. The van der Waals surface area contributed by atoms with Crippen molar-refractivity contribution in [2.75, 3.05) is 26.4 Å². The summed E-state index contributed by atoms with van der Waals surface area (Å²) in [5, 5.41) is 0. The fraction of sp³-hybridized carbons (Fsp3) is 1.00. The number of ether oxygens (including phenoxy) is 3. The maximum Gasteiger partial charge on any atom is 0.104 e. The molecule has 0 aromatic carbocycles. The third kappa shape index (κ3) is 2.84. The molecule has 2 bridgehead atoms. The van der Waals surface area contributed by atoms with Crippen LogP contribution in [-0.4, -0.2) is 38.6 Å². The predicted molar refractivity (Wildman–Crippen MR) is 72.0 cm³/mol. The van der Waals surface area contributed by atoms with Crippen LogP contribution < -0.4 is 0 Å². The van der Waals surface area contributed by atoms with E-state index in [4.69, 9.17) is 14.2 Å². The normalized spacial score (nSPS) is 46.7. The Morgan fingerprint density at radius 1 is 1.11 bits per heavy atom. The van der Waals surface area contributed by atoms with Gasteiger partial charge in [0.05, 0.1) is 32.5 Å². The van der Waals surface area contributed by atoms with Gasteiger partial charge in [0, 0.05) is 0 Å². The van der Waals surface area contributed by atoms with Crippen LogP contribution in [0.1, 0.15) is 44.9 Å². The lowest BCUT2D eigenvalue weighted by atomic mass is 9.70. The molecule has 2 heterocycles. The Bertz CT molecular complexity index is 304. The van der Waals surface area contributed by atoms with Crippen molar-refractivity contribution in [1.82, 2.24) is 0 Å². The minimum Gasteiger partial charge on any atom is -0.378 e. The molecular formula is C16H26O3. The van der Waals surface area contributed by atoms with E-state index < -0.39 is 0 Å². The number of fused-ring (bicyclic) bond motifs is 2. The summed E-state index contributed by atoms with van der Waals surface area (Å²) in [4.78, 5) is 0. The zero-order valence-corrected chi connectivity index (χ0v) is 11.8.